The van der Waals surface area contributed by atoms with Gasteiger partial charge in [0.2, 0.25) is 0 Å². The van der Waals surface area contributed by atoms with E-state index < -0.39 is 0 Å². The van der Waals surface area contributed by atoms with Crippen LogP contribution in [0.25, 0.3) is 0 Å². The van der Waals surface area contributed by atoms with Crippen molar-refractivity contribution in [2.75, 3.05) is 11.9 Å². The molecule has 96 valence electrons. The van der Waals surface area contributed by atoms with Crippen LogP contribution in [0.1, 0.15) is 26.7 Å². The molecule has 5 nitrogen and oxygen atoms in total. The van der Waals surface area contributed by atoms with Crippen LogP contribution in [0, 0.1) is 0 Å². The lowest BCUT2D eigenvalue weighted by atomic mass is 10.3. The van der Waals surface area contributed by atoms with Gasteiger partial charge in [0.25, 0.3) is 5.56 Å². The molecule has 1 aromatic rings. The van der Waals surface area contributed by atoms with Crippen LogP contribution in [0.2, 0.25) is 0 Å². The largest absolute Gasteiger partial charge is 0.393 e. The number of rotatable bonds is 6. The second kappa shape index (κ2) is 6.76. The molecular weight excluding hydrogens is 286 g/mol. The molecule has 2 N–H and O–H groups in total. The minimum absolute atomic E-state index is 0.131. The summed E-state index contributed by atoms with van der Waals surface area (Å²) in [6.45, 7) is 4.95. The van der Waals surface area contributed by atoms with Gasteiger partial charge in [0, 0.05) is 13.1 Å². The van der Waals surface area contributed by atoms with E-state index in [4.69, 9.17) is 5.11 Å². The maximum atomic E-state index is 11.8. The first-order valence-corrected chi connectivity index (χ1v) is 6.53. The first kappa shape index (κ1) is 14.2. The van der Waals surface area contributed by atoms with Gasteiger partial charge in [0.1, 0.15) is 4.47 Å². The molecule has 0 aromatic carbocycles. The number of aliphatic hydroxyl groups is 1. The zero-order valence-corrected chi connectivity index (χ0v) is 11.7. The topological polar surface area (TPSA) is 67.2 Å². The molecule has 0 fully saturated rings. The molecule has 1 rings (SSSR count). The summed E-state index contributed by atoms with van der Waals surface area (Å²) in [4.78, 5) is 11.8. The van der Waals surface area contributed by atoms with Crippen LogP contribution in [0.4, 0.5) is 5.69 Å². The molecule has 0 saturated heterocycles. The molecule has 0 aliphatic heterocycles. The van der Waals surface area contributed by atoms with Crippen LogP contribution in [0.5, 0.6) is 0 Å². The fourth-order valence-corrected chi connectivity index (χ4v) is 1.82. The number of hydrogen-bond acceptors (Lipinski definition) is 4. The van der Waals surface area contributed by atoms with Crippen LogP contribution in [0.3, 0.4) is 0 Å². The third kappa shape index (κ3) is 4.12. The molecule has 1 aromatic heterocycles. The van der Waals surface area contributed by atoms with Gasteiger partial charge < -0.3 is 10.4 Å². The van der Waals surface area contributed by atoms with E-state index in [1.54, 1.807) is 13.1 Å². The van der Waals surface area contributed by atoms with Crippen molar-refractivity contribution in [3.05, 3.63) is 21.0 Å². The average Bonchev–Trinajstić information content (AvgIpc) is 2.28. The molecule has 0 aliphatic rings. The van der Waals surface area contributed by atoms with E-state index in [0.29, 0.717) is 29.7 Å². The Balaban J connectivity index is 2.75. The van der Waals surface area contributed by atoms with Crippen molar-refractivity contribution in [1.82, 2.24) is 9.78 Å². The summed E-state index contributed by atoms with van der Waals surface area (Å²) in [5.74, 6) is 0. The zero-order chi connectivity index (χ0) is 12.8. The molecule has 0 amide bonds. The van der Waals surface area contributed by atoms with Crippen molar-refractivity contribution in [2.24, 2.45) is 0 Å². The Hall–Kier alpha value is -0.880. The van der Waals surface area contributed by atoms with Gasteiger partial charge in [0.05, 0.1) is 18.0 Å². The van der Waals surface area contributed by atoms with E-state index in [9.17, 15) is 4.79 Å². The monoisotopic (exact) mass is 303 g/mol. The van der Waals surface area contributed by atoms with Gasteiger partial charge in [-0.15, -0.1) is 0 Å². The van der Waals surface area contributed by atoms with Crippen LogP contribution < -0.4 is 10.9 Å². The Kier molecular flexibility index (Phi) is 5.64. The molecular formula is C11H18BrN3O2. The summed E-state index contributed by atoms with van der Waals surface area (Å²) >= 11 is 3.27. The molecule has 17 heavy (non-hydrogen) atoms. The summed E-state index contributed by atoms with van der Waals surface area (Å²) in [5.41, 5.74) is 0.539. The number of nitrogens with zero attached hydrogens (tertiary/aromatic N) is 2. The molecule has 0 saturated carbocycles. The van der Waals surface area contributed by atoms with Gasteiger partial charge in [-0.25, -0.2) is 4.68 Å². The standard InChI is InChI=1S/C11H18BrN3O2/c1-3-6-15-11(17)10(12)9(7-14-15)13-5-4-8(2)16/h7-8,13,16H,3-6H2,1-2H3. The highest BCUT2D eigenvalue weighted by Crippen LogP contribution is 2.16. The minimum Gasteiger partial charge on any atom is -0.393 e. The van der Waals surface area contributed by atoms with Crippen molar-refractivity contribution in [1.29, 1.82) is 0 Å². The first-order chi connectivity index (χ1) is 8.06. The van der Waals surface area contributed by atoms with Gasteiger partial charge in [0.15, 0.2) is 0 Å². The molecule has 1 unspecified atom stereocenters. The highest BCUT2D eigenvalue weighted by Gasteiger charge is 2.08. The zero-order valence-electron chi connectivity index (χ0n) is 10.1. The third-order valence-electron chi connectivity index (χ3n) is 2.30. The fraction of sp³-hybridized carbons (Fsp3) is 0.636. The quantitative estimate of drug-likeness (QED) is 0.838. The van der Waals surface area contributed by atoms with Crippen molar-refractivity contribution in [2.45, 2.75) is 39.3 Å². The van der Waals surface area contributed by atoms with E-state index in [1.807, 2.05) is 6.92 Å². The Labute approximate surface area is 109 Å². The minimum atomic E-state index is -0.352. The second-order valence-corrected chi connectivity index (χ2v) is 4.76. The van der Waals surface area contributed by atoms with Gasteiger partial charge in [-0.05, 0) is 35.7 Å². The molecule has 0 radical (unpaired) electrons. The predicted molar refractivity (Wildman–Crippen MR) is 71.3 cm³/mol. The van der Waals surface area contributed by atoms with E-state index >= 15 is 0 Å². The molecule has 6 heteroatoms. The SMILES string of the molecule is CCCn1ncc(NCCC(C)O)c(Br)c1=O. The molecule has 0 bridgehead atoms. The summed E-state index contributed by atoms with van der Waals surface area (Å²) in [6.07, 6.45) is 2.77. The Bertz CT molecular complexity index is 418. The molecule has 0 aliphatic carbocycles. The Morgan fingerprint density at radius 1 is 1.65 bits per heavy atom. The van der Waals surface area contributed by atoms with Crippen molar-refractivity contribution in [3.63, 3.8) is 0 Å². The Morgan fingerprint density at radius 3 is 2.94 bits per heavy atom. The van der Waals surface area contributed by atoms with Crippen LogP contribution >= 0.6 is 15.9 Å². The highest BCUT2D eigenvalue weighted by atomic mass is 79.9. The van der Waals surface area contributed by atoms with Crippen molar-refractivity contribution < 1.29 is 5.11 Å². The van der Waals surface area contributed by atoms with Crippen LogP contribution in [-0.4, -0.2) is 27.5 Å². The lowest BCUT2D eigenvalue weighted by Gasteiger charge is -2.10. The van der Waals surface area contributed by atoms with Gasteiger partial charge in [-0.2, -0.15) is 5.10 Å². The molecule has 1 atom stereocenters. The van der Waals surface area contributed by atoms with Crippen LogP contribution in [0.15, 0.2) is 15.5 Å². The molecule has 1 heterocycles. The van der Waals surface area contributed by atoms with E-state index in [0.717, 1.165) is 6.42 Å². The normalized spacial score (nSPS) is 12.5. The van der Waals surface area contributed by atoms with Crippen molar-refractivity contribution >= 4 is 21.6 Å². The van der Waals surface area contributed by atoms with Gasteiger partial charge in [-0.3, -0.25) is 4.79 Å². The highest BCUT2D eigenvalue weighted by molar-refractivity contribution is 9.10. The number of anilines is 1. The summed E-state index contributed by atoms with van der Waals surface area (Å²) in [7, 11) is 0. The number of halogens is 1. The predicted octanol–water partition coefficient (Wildman–Crippen LogP) is 1.60. The first-order valence-electron chi connectivity index (χ1n) is 5.73. The van der Waals surface area contributed by atoms with E-state index in [1.165, 1.54) is 4.68 Å². The summed E-state index contributed by atoms with van der Waals surface area (Å²) in [5, 5.41) is 16.3. The van der Waals surface area contributed by atoms with Crippen molar-refractivity contribution in [3.8, 4) is 0 Å². The Morgan fingerprint density at radius 2 is 2.35 bits per heavy atom. The fourth-order valence-electron chi connectivity index (χ4n) is 1.38. The third-order valence-corrected chi connectivity index (χ3v) is 3.06. The number of aliphatic hydroxyl groups excluding tert-OH is 1. The smallest absolute Gasteiger partial charge is 0.283 e. The van der Waals surface area contributed by atoms with Gasteiger partial charge in [-0.1, -0.05) is 6.92 Å². The maximum absolute atomic E-state index is 11.8. The lowest BCUT2D eigenvalue weighted by molar-refractivity contribution is 0.188. The molecule has 0 spiro atoms. The van der Waals surface area contributed by atoms with E-state index in [-0.39, 0.29) is 11.7 Å². The lowest BCUT2D eigenvalue weighted by Crippen LogP contribution is -2.24. The van der Waals surface area contributed by atoms with Gasteiger partial charge >= 0.3 is 0 Å². The second-order valence-electron chi connectivity index (χ2n) is 3.96. The number of aromatic nitrogens is 2. The summed E-state index contributed by atoms with van der Waals surface area (Å²) < 4.78 is 1.93. The van der Waals surface area contributed by atoms with E-state index in [2.05, 4.69) is 26.3 Å². The average molecular weight is 304 g/mol. The number of hydrogen-bond donors (Lipinski definition) is 2. The summed E-state index contributed by atoms with van der Waals surface area (Å²) in [6, 6.07) is 0. The number of aryl methyl sites for hydroxylation is 1. The number of nitrogens with one attached hydrogen (secondary N) is 1. The van der Waals surface area contributed by atoms with Crippen LogP contribution in [-0.2, 0) is 6.54 Å². The maximum Gasteiger partial charge on any atom is 0.283 e.